The zero-order valence-corrected chi connectivity index (χ0v) is 16.1. The number of aryl methyl sites for hydroxylation is 1. The summed E-state index contributed by atoms with van der Waals surface area (Å²) in [7, 11) is 1.89. The minimum atomic E-state index is -0.0760. The number of anilines is 1. The molecule has 1 saturated carbocycles. The Balaban J connectivity index is 1.62. The summed E-state index contributed by atoms with van der Waals surface area (Å²) in [6.07, 6.45) is 3.24. The standard InChI is InChI=1S/C21H33N3O/c1-14(2)11-19(22-4)21(25)23-18-10-9-16-12-24(13-17(16)18)20-8-6-5-7-15(20)3/h5-8,14,16-19,22H,9-13H2,1-4H3,(H,23,25)/t16-,17+,18+,19+/m1/s1. The van der Waals surface area contributed by atoms with E-state index in [1.807, 2.05) is 7.05 Å². The predicted octanol–water partition coefficient (Wildman–Crippen LogP) is 2.96. The van der Waals surface area contributed by atoms with Gasteiger partial charge in [0.05, 0.1) is 6.04 Å². The number of carbonyl (C=O) groups is 1. The summed E-state index contributed by atoms with van der Waals surface area (Å²) < 4.78 is 0. The molecule has 2 aliphatic rings. The number of nitrogens with zero attached hydrogens (tertiary/aromatic N) is 1. The Morgan fingerprint density at radius 1 is 1.24 bits per heavy atom. The molecule has 1 aromatic rings. The third kappa shape index (κ3) is 4.00. The molecule has 2 N–H and O–H groups in total. The summed E-state index contributed by atoms with van der Waals surface area (Å²) in [5, 5.41) is 6.55. The van der Waals surface area contributed by atoms with E-state index in [4.69, 9.17) is 0 Å². The summed E-state index contributed by atoms with van der Waals surface area (Å²) in [4.78, 5) is 15.2. The Bertz CT molecular complexity index is 601. The summed E-state index contributed by atoms with van der Waals surface area (Å²) in [6, 6.07) is 8.89. The van der Waals surface area contributed by atoms with Crippen LogP contribution in [-0.4, -0.2) is 38.1 Å². The average molecular weight is 344 g/mol. The van der Waals surface area contributed by atoms with Gasteiger partial charge in [0.15, 0.2) is 0 Å². The van der Waals surface area contributed by atoms with Crippen molar-refractivity contribution in [2.45, 2.75) is 52.1 Å². The first kappa shape index (κ1) is 18.2. The maximum Gasteiger partial charge on any atom is 0.237 e. The quantitative estimate of drug-likeness (QED) is 0.835. The SMILES string of the molecule is CN[C@@H](CC(C)C)C(=O)N[C@H]1CC[C@@H]2CN(c3ccccc3C)C[C@@H]21. The number of rotatable bonds is 6. The summed E-state index contributed by atoms with van der Waals surface area (Å²) in [5.74, 6) is 1.99. The van der Waals surface area contributed by atoms with Crippen molar-refractivity contribution in [3.8, 4) is 0 Å². The summed E-state index contributed by atoms with van der Waals surface area (Å²) in [5.41, 5.74) is 2.70. The van der Waals surface area contributed by atoms with Crippen LogP contribution < -0.4 is 15.5 Å². The van der Waals surface area contributed by atoms with E-state index in [-0.39, 0.29) is 11.9 Å². The van der Waals surface area contributed by atoms with Crippen LogP contribution in [0.4, 0.5) is 5.69 Å². The van der Waals surface area contributed by atoms with Crippen molar-refractivity contribution in [1.82, 2.24) is 10.6 Å². The van der Waals surface area contributed by atoms with Crippen LogP contribution in [0, 0.1) is 24.7 Å². The van der Waals surface area contributed by atoms with E-state index < -0.39 is 0 Å². The molecule has 1 saturated heterocycles. The minimum Gasteiger partial charge on any atom is -0.371 e. The Morgan fingerprint density at radius 3 is 2.68 bits per heavy atom. The van der Waals surface area contributed by atoms with E-state index >= 15 is 0 Å². The van der Waals surface area contributed by atoms with Gasteiger partial charge in [0.25, 0.3) is 0 Å². The fourth-order valence-corrected chi connectivity index (χ4v) is 4.67. The number of fused-ring (bicyclic) bond motifs is 1. The molecular formula is C21H33N3O. The van der Waals surface area contributed by atoms with Gasteiger partial charge in [-0.3, -0.25) is 4.79 Å². The highest BCUT2D eigenvalue weighted by molar-refractivity contribution is 5.82. The smallest absolute Gasteiger partial charge is 0.237 e. The van der Waals surface area contributed by atoms with Crippen molar-refractivity contribution >= 4 is 11.6 Å². The lowest BCUT2D eigenvalue weighted by Crippen LogP contribution is -2.49. The van der Waals surface area contributed by atoms with Gasteiger partial charge in [0.1, 0.15) is 0 Å². The van der Waals surface area contributed by atoms with E-state index in [2.05, 4.69) is 60.6 Å². The number of hydrogen-bond acceptors (Lipinski definition) is 3. The first-order chi connectivity index (χ1) is 12.0. The monoisotopic (exact) mass is 343 g/mol. The molecule has 0 radical (unpaired) electrons. The molecule has 0 aromatic heterocycles. The third-order valence-electron chi connectivity index (χ3n) is 6.01. The number of amides is 1. The number of para-hydroxylation sites is 1. The van der Waals surface area contributed by atoms with Crippen LogP contribution in [-0.2, 0) is 4.79 Å². The van der Waals surface area contributed by atoms with Gasteiger partial charge in [-0.15, -0.1) is 0 Å². The van der Waals surface area contributed by atoms with Crippen molar-refractivity contribution in [3.63, 3.8) is 0 Å². The van der Waals surface area contributed by atoms with Crippen molar-refractivity contribution in [2.24, 2.45) is 17.8 Å². The van der Waals surface area contributed by atoms with E-state index in [9.17, 15) is 4.79 Å². The first-order valence-corrected chi connectivity index (χ1v) is 9.77. The van der Waals surface area contributed by atoms with Crippen LogP contribution in [0.15, 0.2) is 24.3 Å². The van der Waals surface area contributed by atoms with Gasteiger partial charge in [-0.2, -0.15) is 0 Å². The van der Waals surface area contributed by atoms with Crippen molar-refractivity contribution in [2.75, 3.05) is 25.0 Å². The molecule has 1 aliphatic carbocycles. The highest BCUT2D eigenvalue weighted by atomic mass is 16.2. The second kappa shape index (κ2) is 7.77. The Morgan fingerprint density at radius 2 is 2.00 bits per heavy atom. The summed E-state index contributed by atoms with van der Waals surface area (Å²) in [6.45, 7) is 8.71. The lowest BCUT2D eigenvalue weighted by atomic mass is 9.97. The molecule has 1 heterocycles. The van der Waals surface area contributed by atoms with Gasteiger partial charge in [-0.1, -0.05) is 32.0 Å². The van der Waals surface area contributed by atoms with Crippen LogP contribution in [0.3, 0.4) is 0 Å². The highest BCUT2D eigenvalue weighted by Gasteiger charge is 2.43. The van der Waals surface area contributed by atoms with E-state index in [0.29, 0.717) is 23.8 Å². The number of nitrogens with one attached hydrogen (secondary N) is 2. The molecule has 25 heavy (non-hydrogen) atoms. The normalized spacial score (nSPS) is 26.8. The number of carbonyl (C=O) groups excluding carboxylic acids is 1. The maximum atomic E-state index is 12.7. The lowest BCUT2D eigenvalue weighted by Gasteiger charge is -2.26. The number of likely N-dealkylation sites (N-methyl/N-ethyl adjacent to an activating group) is 1. The molecule has 2 fully saturated rings. The molecule has 1 amide bonds. The zero-order chi connectivity index (χ0) is 18.0. The molecule has 0 spiro atoms. The van der Waals surface area contributed by atoms with Gasteiger partial charge in [-0.25, -0.2) is 0 Å². The zero-order valence-electron chi connectivity index (χ0n) is 16.1. The molecule has 3 rings (SSSR count). The molecule has 1 aromatic carbocycles. The highest BCUT2D eigenvalue weighted by Crippen LogP contribution is 2.40. The van der Waals surface area contributed by atoms with E-state index in [1.165, 1.54) is 17.7 Å². The van der Waals surface area contributed by atoms with Crippen LogP contribution in [0.2, 0.25) is 0 Å². The minimum absolute atomic E-state index is 0.0760. The van der Waals surface area contributed by atoms with Crippen molar-refractivity contribution in [1.29, 1.82) is 0 Å². The van der Waals surface area contributed by atoms with Crippen molar-refractivity contribution < 1.29 is 4.79 Å². The number of hydrogen-bond donors (Lipinski definition) is 2. The van der Waals surface area contributed by atoms with E-state index in [1.54, 1.807) is 0 Å². The van der Waals surface area contributed by atoms with Crippen LogP contribution >= 0.6 is 0 Å². The Labute approximate surface area is 152 Å². The second-order valence-corrected chi connectivity index (χ2v) is 8.28. The van der Waals surface area contributed by atoms with E-state index in [0.717, 1.165) is 25.9 Å². The lowest BCUT2D eigenvalue weighted by molar-refractivity contribution is -0.124. The molecular weight excluding hydrogens is 310 g/mol. The van der Waals surface area contributed by atoms with Gasteiger partial charge < -0.3 is 15.5 Å². The average Bonchev–Trinajstić information content (AvgIpc) is 3.14. The summed E-state index contributed by atoms with van der Waals surface area (Å²) >= 11 is 0. The molecule has 1 aliphatic heterocycles. The fourth-order valence-electron chi connectivity index (χ4n) is 4.67. The van der Waals surface area contributed by atoms with Gasteiger partial charge >= 0.3 is 0 Å². The molecule has 4 nitrogen and oxygen atoms in total. The second-order valence-electron chi connectivity index (χ2n) is 8.28. The predicted molar refractivity (Wildman–Crippen MR) is 104 cm³/mol. The molecule has 4 atom stereocenters. The van der Waals surface area contributed by atoms with Crippen LogP contribution in [0.25, 0.3) is 0 Å². The molecule has 0 unspecified atom stereocenters. The Hall–Kier alpha value is -1.55. The molecule has 138 valence electrons. The molecule has 0 bridgehead atoms. The van der Waals surface area contributed by atoms with Crippen molar-refractivity contribution in [3.05, 3.63) is 29.8 Å². The number of benzene rings is 1. The van der Waals surface area contributed by atoms with Crippen LogP contribution in [0.5, 0.6) is 0 Å². The first-order valence-electron chi connectivity index (χ1n) is 9.77. The van der Waals surface area contributed by atoms with Gasteiger partial charge in [0.2, 0.25) is 5.91 Å². The van der Waals surface area contributed by atoms with Gasteiger partial charge in [0, 0.05) is 30.7 Å². The largest absolute Gasteiger partial charge is 0.371 e. The third-order valence-corrected chi connectivity index (χ3v) is 6.01. The Kier molecular flexibility index (Phi) is 5.67. The van der Waals surface area contributed by atoms with Crippen LogP contribution in [0.1, 0.15) is 38.7 Å². The molecule has 4 heteroatoms. The van der Waals surface area contributed by atoms with Gasteiger partial charge in [-0.05, 0) is 56.7 Å². The maximum absolute atomic E-state index is 12.7. The fraction of sp³-hybridized carbons (Fsp3) is 0.667. The topological polar surface area (TPSA) is 44.4 Å².